The van der Waals surface area contributed by atoms with Crippen molar-refractivity contribution in [2.75, 3.05) is 7.11 Å². The van der Waals surface area contributed by atoms with E-state index < -0.39 is 11.8 Å². The van der Waals surface area contributed by atoms with E-state index in [0.29, 0.717) is 11.3 Å². The second kappa shape index (κ2) is 6.42. The first kappa shape index (κ1) is 14.4. The lowest BCUT2D eigenvalue weighted by Gasteiger charge is -2.05. The highest BCUT2D eigenvalue weighted by Crippen LogP contribution is 2.13. The Morgan fingerprint density at radius 1 is 1.24 bits per heavy atom. The normalized spacial score (nSPS) is 11.0. The molecule has 0 saturated heterocycles. The first-order valence-corrected chi connectivity index (χ1v) is 6.10. The Morgan fingerprint density at radius 3 is 2.48 bits per heavy atom. The molecule has 2 amide bonds. The number of ether oxygens (including phenoxy) is 1. The molecule has 1 heterocycles. The van der Waals surface area contributed by atoms with Gasteiger partial charge >= 0.3 is 0 Å². The highest BCUT2D eigenvalue weighted by Gasteiger charge is 2.13. The van der Waals surface area contributed by atoms with Crippen LogP contribution in [0.5, 0.6) is 5.75 Å². The van der Waals surface area contributed by atoms with Gasteiger partial charge in [-0.1, -0.05) is 12.1 Å². The zero-order chi connectivity index (χ0) is 15.2. The zero-order valence-corrected chi connectivity index (χ0v) is 11.3. The van der Waals surface area contributed by atoms with Crippen molar-refractivity contribution in [3.05, 3.63) is 59.7 Å². The zero-order valence-electron chi connectivity index (χ0n) is 11.3. The topological polar surface area (TPSA) is 94.6 Å². The molecule has 0 fully saturated rings. The van der Waals surface area contributed by atoms with Crippen molar-refractivity contribution in [2.24, 2.45) is 5.73 Å². The SMILES string of the molecule is COc1ccc(/C=C(/NC(=O)c2ccco2)C(N)=O)cc1. The van der Waals surface area contributed by atoms with Gasteiger partial charge in [0.15, 0.2) is 5.76 Å². The van der Waals surface area contributed by atoms with Crippen LogP contribution in [-0.4, -0.2) is 18.9 Å². The number of nitrogens with two attached hydrogens (primary N) is 1. The van der Waals surface area contributed by atoms with Crippen LogP contribution in [0.25, 0.3) is 6.08 Å². The van der Waals surface area contributed by atoms with Crippen LogP contribution in [-0.2, 0) is 4.79 Å². The summed E-state index contributed by atoms with van der Waals surface area (Å²) in [5.74, 6) is -0.506. The summed E-state index contributed by atoms with van der Waals surface area (Å²) in [5, 5.41) is 2.42. The van der Waals surface area contributed by atoms with E-state index in [0.717, 1.165) is 0 Å². The van der Waals surface area contributed by atoms with Crippen LogP contribution in [0.2, 0.25) is 0 Å². The third-order valence-corrected chi connectivity index (χ3v) is 2.69. The van der Waals surface area contributed by atoms with Gasteiger partial charge in [-0.25, -0.2) is 0 Å². The Balaban J connectivity index is 2.19. The monoisotopic (exact) mass is 286 g/mol. The number of amides is 2. The van der Waals surface area contributed by atoms with Crippen LogP contribution in [0, 0.1) is 0 Å². The van der Waals surface area contributed by atoms with E-state index >= 15 is 0 Å². The van der Waals surface area contributed by atoms with Crippen molar-refractivity contribution in [3.63, 3.8) is 0 Å². The number of hydrogen-bond donors (Lipinski definition) is 2. The minimum atomic E-state index is -0.745. The Bertz CT molecular complexity index is 657. The molecule has 0 bridgehead atoms. The third kappa shape index (κ3) is 3.73. The first-order chi connectivity index (χ1) is 10.1. The predicted molar refractivity (Wildman–Crippen MR) is 76.3 cm³/mol. The number of carbonyl (C=O) groups excluding carboxylic acids is 2. The Kier molecular flexibility index (Phi) is 4.40. The van der Waals surface area contributed by atoms with E-state index in [-0.39, 0.29) is 11.5 Å². The molecule has 0 aliphatic carbocycles. The molecule has 3 N–H and O–H groups in total. The number of rotatable bonds is 5. The van der Waals surface area contributed by atoms with Gasteiger partial charge in [-0.2, -0.15) is 0 Å². The van der Waals surface area contributed by atoms with Crippen molar-refractivity contribution in [1.29, 1.82) is 0 Å². The largest absolute Gasteiger partial charge is 0.497 e. The number of nitrogens with one attached hydrogen (secondary N) is 1. The molecule has 21 heavy (non-hydrogen) atoms. The molecule has 1 aromatic carbocycles. The van der Waals surface area contributed by atoms with E-state index in [1.165, 1.54) is 18.4 Å². The average molecular weight is 286 g/mol. The van der Waals surface area contributed by atoms with Gasteiger partial charge in [-0.3, -0.25) is 9.59 Å². The molecule has 2 rings (SSSR count). The standard InChI is InChI=1S/C15H14N2O4/c1-20-11-6-4-10(5-7-11)9-12(14(16)18)17-15(19)13-3-2-8-21-13/h2-9H,1H3,(H2,16,18)(H,17,19)/b12-9+. The molecule has 108 valence electrons. The number of furan rings is 1. The highest BCUT2D eigenvalue weighted by molar-refractivity contribution is 6.03. The molecular formula is C15H14N2O4. The van der Waals surface area contributed by atoms with Crippen molar-refractivity contribution >= 4 is 17.9 Å². The maximum absolute atomic E-state index is 11.8. The maximum atomic E-state index is 11.8. The summed E-state index contributed by atoms with van der Waals surface area (Å²) < 4.78 is 9.99. The fourth-order valence-corrected chi connectivity index (χ4v) is 1.63. The number of methoxy groups -OCH3 is 1. The fourth-order valence-electron chi connectivity index (χ4n) is 1.63. The van der Waals surface area contributed by atoms with Gasteiger partial charge in [-0.05, 0) is 35.9 Å². The molecule has 0 aliphatic rings. The van der Waals surface area contributed by atoms with Crippen LogP contribution in [0.3, 0.4) is 0 Å². The molecule has 1 aromatic heterocycles. The van der Waals surface area contributed by atoms with Gasteiger partial charge in [0, 0.05) is 0 Å². The lowest BCUT2D eigenvalue weighted by molar-refractivity contribution is -0.114. The van der Waals surface area contributed by atoms with E-state index in [9.17, 15) is 9.59 Å². The molecular weight excluding hydrogens is 272 g/mol. The van der Waals surface area contributed by atoms with Crippen molar-refractivity contribution < 1.29 is 18.7 Å². The van der Waals surface area contributed by atoms with Crippen molar-refractivity contribution in [2.45, 2.75) is 0 Å². The number of benzene rings is 1. The summed E-state index contributed by atoms with van der Waals surface area (Å²) in [7, 11) is 1.56. The van der Waals surface area contributed by atoms with Crippen LogP contribution < -0.4 is 15.8 Å². The van der Waals surface area contributed by atoms with Gasteiger partial charge < -0.3 is 20.2 Å². The summed E-state index contributed by atoms with van der Waals surface area (Å²) in [6.45, 7) is 0. The molecule has 0 saturated carbocycles. The maximum Gasteiger partial charge on any atom is 0.291 e. The summed E-state index contributed by atoms with van der Waals surface area (Å²) in [6.07, 6.45) is 2.84. The van der Waals surface area contributed by atoms with Gasteiger partial charge in [0.2, 0.25) is 0 Å². The predicted octanol–water partition coefficient (Wildman–Crippen LogP) is 1.54. The van der Waals surface area contributed by atoms with Crippen LogP contribution in [0.1, 0.15) is 16.1 Å². The number of primary amides is 1. The smallest absolute Gasteiger partial charge is 0.291 e. The molecule has 2 aromatic rings. The second-order valence-corrected chi connectivity index (χ2v) is 4.13. The average Bonchev–Trinajstić information content (AvgIpc) is 3.01. The van der Waals surface area contributed by atoms with Crippen LogP contribution in [0.4, 0.5) is 0 Å². The molecule has 0 atom stereocenters. The highest BCUT2D eigenvalue weighted by atomic mass is 16.5. The number of carbonyl (C=O) groups is 2. The third-order valence-electron chi connectivity index (χ3n) is 2.69. The molecule has 0 unspecified atom stereocenters. The van der Waals surface area contributed by atoms with Crippen molar-refractivity contribution in [3.8, 4) is 5.75 Å². The van der Waals surface area contributed by atoms with Gasteiger partial charge in [0.05, 0.1) is 13.4 Å². The van der Waals surface area contributed by atoms with Crippen LogP contribution >= 0.6 is 0 Å². The molecule has 6 nitrogen and oxygen atoms in total. The molecule has 0 radical (unpaired) electrons. The van der Waals surface area contributed by atoms with Crippen LogP contribution in [0.15, 0.2) is 52.8 Å². The van der Waals surface area contributed by atoms with Gasteiger partial charge in [0.25, 0.3) is 11.8 Å². The van der Waals surface area contributed by atoms with E-state index in [1.807, 2.05) is 0 Å². The Labute approximate surface area is 121 Å². The summed E-state index contributed by atoms with van der Waals surface area (Å²) >= 11 is 0. The fraction of sp³-hybridized carbons (Fsp3) is 0.0667. The van der Waals surface area contributed by atoms with Gasteiger partial charge in [0.1, 0.15) is 11.4 Å². The first-order valence-electron chi connectivity index (χ1n) is 6.10. The Hall–Kier alpha value is -3.02. The molecule has 6 heteroatoms. The minimum absolute atomic E-state index is 0.0263. The van der Waals surface area contributed by atoms with E-state index in [2.05, 4.69) is 5.32 Å². The van der Waals surface area contributed by atoms with Crippen molar-refractivity contribution in [1.82, 2.24) is 5.32 Å². The summed E-state index contributed by atoms with van der Waals surface area (Å²) in [4.78, 5) is 23.3. The lowest BCUT2D eigenvalue weighted by atomic mass is 10.2. The second-order valence-electron chi connectivity index (χ2n) is 4.13. The molecule has 0 spiro atoms. The minimum Gasteiger partial charge on any atom is -0.497 e. The lowest BCUT2D eigenvalue weighted by Crippen LogP contribution is -2.30. The Morgan fingerprint density at radius 2 is 1.95 bits per heavy atom. The number of hydrogen-bond acceptors (Lipinski definition) is 4. The summed E-state index contributed by atoms with van der Waals surface area (Å²) in [5.41, 5.74) is 5.94. The van der Waals surface area contributed by atoms with Gasteiger partial charge in [-0.15, -0.1) is 0 Å². The summed E-state index contributed by atoms with van der Waals surface area (Å²) in [6, 6.07) is 10.0. The molecule has 0 aliphatic heterocycles. The van der Waals surface area contributed by atoms with E-state index in [4.69, 9.17) is 14.9 Å². The quantitative estimate of drug-likeness (QED) is 0.815. The van der Waals surface area contributed by atoms with E-state index in [1.54, 1.807) is 37.4 Å².